The van der Waals surface area contributed by atoms with Gasteiger partial charge in [0.15, 0.2) is 17.5 Å². The van der Waals surface area contributed by atoms with Crippen LogP contribution in [0.3, 0.4) is 0 Å². The van der Waals surface area contributed by atoms with E-state index in [2.05, 4.69) is 29.4 Å². The number of aliphatic imine (C=N–C) groups is 1. The molecule has 0 bridgehead atoms. The molecule has 0 atom stereocenters. The maximum atomic E-state index is 5.98. The molecule has 0 saturated heterocycles. The van der Waals surface area contributed by atoms with Gasteiger partial charge in [0.2, 0.25) is 0 Å². The van der Waals surface area contributed by atoms with E-state index in [1.54, 1.807) is 7.11 Å². The minimum absolute atomic E-state index is 0. The largest absolute Gasteiger partial charge is 0.493 e. The highest BCUT2D eigenvalue weighted by molar-refractivity contribution is 14.0. The number of rotatable bonds is 7. The van der Waals surface area contributed by atoms with Crippen LogP contribution in [0.25, 0.3) is 0 Å². The second-order valence-electron chi connectivity index (χ2n) is 5.30. The molecule has 2 rings (SSSR count). The highest BCUT2D eigenvalue weighted by Crippen LogP contribution is 2.28. The first-order valence-corrected chi connectivity index (χ1v) is 8.11. The normalized spacial score (nSPS) is 10.8. The van der Waals surface area contributed by atoms with E-state index in [1.165, 1.54) is 5.56 Å². The van der Waals surface area contributed by atoms with Crippen molar-refractivity contribution in [1.29, 1.82) is 0 Å². The lowest BCUT2D eigenvalue weighted by molar-refractivity contribution is 0.310. The molecule has 0 aliphatic heterocycles. The van der Waals surface area contributed by atoms with Crippen LogP contribution in [0.15, 0.2) is 47.5 Å². The van der Waals surface area contributed by atoms with Gasteiger partial charge in [-0.2, -0.15) is 0 Å². The van der Waals surface area contributed by atoms with Crippen LogP contribution in [0.2, 0.25) is 0 Å². The summed E-state index contributed by atoms with van der Waals surface area (Å²) in [7, 11) is 1.63. The maximum Gasteiger partial charge on any atom is 0.193 e. The van der Waals surface area contributed by atoms with E-state index in [4.69, 9.17) is 15.2 Å². The number of aryl methyl sites for hydroxylation is 1. The Morgan fingerprint density at radius 1 is 1.08 bits per heavy atom. The molecule has 25 heavy (non-hydrogen) atoms. The number of hydrogen-bond acceptors (Lipinski definition) is 3. The molecule has 2 aromatic rings. The highest BCUT2D eigenvalue weighted by atomic mass is 127. The number of benzene rings is 2. The number of hydrogen-bond donors (Lipinski definition) is 2. The Kier molecular flexibility index (Phi) is 9.12. The van der Waals surface area contributed by atoms with Crippen LogP contribution >= 0.6 is 24.0 Å². The Hall–Kier alpha value is -1.96. The monoisotopic (exact) mass is 455 g/mol. The van der Waals surface area contributed by atoms with Gasteiger partial charge in [-0.15, -0.1) is 24.0 Å². The molecule has 0 amide bonds. The Morgan fingerprint density at radius 2 is 1.88 bits per heavy atom. The van der Waals surface area contributed by atoms with E-state index in [0.29, 0.717) is 24.9 Å². The van der Waals surface area contributed by atoms with Crippen LogP contribution in [-0.4, -0.2) is 19.7 Å². The zero-order valence-electron chi connectivity index (χ0n) is 14.9. The lowest BCUT2D eigenvalue weighted by atomic mass is 10.1. The smallest absolute Gasteiger partial charge is 0.193 e. The molecule has 2 aromatic carbocycles. The molecule has 0 unspecified atom stereocenters. The summed E-state index contributed by atoms with van der Waals surface area (Å²) in [4.78, 5) is 4.39. The quantitative estimate of drug-likeness (QED) is 0.373. The van der Waals surface area contributed by atoms with Gasteiger partial charge in [0.05, 0.1) is 20.3 Å². The van der Waals surface area contributed by atoms with Crippen molar-refractivity contribution in [3.05, 3.63) is 53.6 Å². The van der Waals surface area contributed by atoms with Gasteiger partial charge in [-0.3, -0.25) is 0 Å². The molecule has 6 heteroatoms. The van der Waals surface area contributed by atoms with Crippen LogP contribution in [-0.2, 0) is 13.0 Å². The Balaban J connectivity index is 0.00000312. The van der Waals surface area contributed by atoms with E-state index in [1.807, 2.05) is 37.3 Å². The number of halogens is 1. The van der Waals surface area contributed by atoms with Gasteiger partial charge in [-0.1, -0.05) is 25.1 Å². The lowest BCUT2D eigenvalue weighted by Gasteiger charge is -2.11. The summed E-state index contributed by atoms with van der Waals surface area (Å²) in [5, 5.41) is 3.12. The van der Waals surface area contributed by atoms with Gasteiger partial charge < -0.3 is 20.5 Å². The number of nitrogens with two attached hydrogens (primary N) is 1. The molecule has 5 nitrogen and oxygen atoms in total. The average molecular weight is 455 g/mol. The summed E-state index contributed by atoms with van der Waals surface area (Å²) in [6, 6.07) is 13.9. The lowest BCUT2D eigenvalue weighted by Crippen LogP contribution is -2.22. The van der Waals surface area contributed by atoms with E-state index in [0.717, 1.165) is 23.4 Å². The van der Waals surface area contributed by atoms with Gasteiger partial charge in [0, 0.05) is 5.69 Å². The van der Waals surface area contributed by atoms with Crippen molar-refractivity contribution < 1.29 is 9.47 Å². The van der Waals surface area contributed by atoms with E-state index in [9.17, 15) is 0 Å². The Bertz CT molecular complexity index is 705. The van der Waals surface area contributed by atoms with E-state index >= 15 is 0 Å². The molecular formula is C19H26IN3O2. The minimum Gasteiger partial charge on any atom is -0.493 e. The van der Waals surface area contributed by atoms with E-state index in [-0.39, 0.29) is 24.0 Å². The number of methoxy groups -OCH3 is 1. The van der Waals surface area contributed by atoms with Crippen LogP contribution in [0.4, 0.5) is 5.69 Å². The van der Waals surface area contributed by atoms with Crippen molar-refractivity contribution in [2.45, 2.75) is 26.8 Å². The Morgan fingerprint density at radius 3 is 2.56 bits per heavy atom. The van der Waals surface area contributed by atoms with Crippen molar-refractivity contribution in [2.24, 2.45) is 10.7 Å². The molecule has 0 spiro atoms. The van der Waals surface area contributed by atoms with Crippen LogP contribution < -0.4 is 20.5 Å². The van der Waals surface area contributed by atoms with E-state index < -0.39 is 0 Å². The van der Waals surface area contributed by atoms with Crippen molar-refractivity contribution in [3.63, 3.8) is 0 Å². The molecule has 136 valence electrons. The minimum atomic E-state index is 0. The summed E-state index contributed by atoms with van der Waals surface area (Å²) >= 11 is 0. The molecule has 3 N–H and O–H groups in total. The third-order valence-corrected chi connectivity index (χ3v) is 3.57. The second-order valence-corrected chi connectivity index (χ2v) is 5.30. The molecule has 0 aromatic heterocycles. The third kappa shape index (κ3) is 6.45. The second kappa shape index (κ2) is 10.8. The van der Waals surface area contributed by atoms with Gasteiger partial charge in [-0.05, 0) is 48.7 Å². The fourth-order valence-corrected chi connectivity index (χ4v) is 2.32. The molecule has 0 radical (unpaired) electrons. The molecule has 0 heterocycles. The number of anilines is 1. The van der Waals surface area contributed by atoms with Gasteiger partial charge in [0.25, 0.3) is 0 Å². The Labute approximate surface area is 166 Å². The molecule has 0 saturated carbocycles. The third-order valence-electron chi connectivity index (χ3n) is 3.57. The van der Waals surface area contributed by atoms with Gasteiger partial charge in [0.1, 0.15) is 0 Å². The fraction of sp³-hybridized carbons (Fsp3) is 0.316. The number of nitrogens with zero attached hydrogens (tertiary/aromatic N) is 1. The molecular weight excluding hydrogens is 429 g/mol. The zero-order valence-corrected chi connectivity index (χ0v) is 17.2. The number of ether oxygens (including phenoxy) is 2. The van der Waals surface area contributed by atoms with Crippen LogP contribution in [0.1, 0.15) is 25.0 Å². The van der Waals surface area contributed by atoms with Crippen molar-refractivity contribution in [2.75, 3.05) is 19.0 Å². The summed E-state index contributed by atoms with van der Waals surface area (Å²) in [6.45, 7) is 5.11. The first-order chi connectivity index (χ1) is 11.7. The SMILES string of the molecule is CCOc1cc(CN=C(N)Nc2cccc(CC)c2)ccc1OC.I. The fourth-order valence-electron chi connectivity index (χ4n) is 2.32. The first kappa shape index (κ1) is 21.1. The summed E-state index contributed by atoms with van der Waals surface area (Å²) in [6.07, 6.45) is 0.985. The predicted molar refractivity (Wildman–Crippen MR) is 114 cm³/mol. The highest BCUT2D eigenvalue weighted by Gasteiger charge is 2.05. The summed E-state index contributed by atoms with van der Waals surface area (Å²) < 4.78 is 10.9. The molecule has 0 fully saturated rings. The maximum absolute atomic E-state index is 5.98. The average Bonchev–Trinajstić information content (AvgIpc) is 2.60. The number of guanidine groups is 1. The number of nitrogens with one attached hydrogen (secondary N) is 1. The molecule has 0 aliphatic rings. The molecule has 0 aliphatic carbocycles. The van der Waals surface area contributed by atoms with Crippen LogP contribution in [0, 0.1) is 0 Å². The van der Waals surface area contributed by atoms with Crippen molar-refractivity contribution in [3.8, 4) is 11.5 Å². The standard InChI is InChI=1S/C19H25N3O2.HI/c1-4-14-7-6-8-16(11-14)22-19(20)21-13-15-9-10-17(23-3)18(12-15)24-5-2;/h6-12H,4-5,13H2,1-3H3,(H3,20,21,22);1H. The summed E-state index contributed by atoms with van der Waals surface area (Å²) in [5.74, 6) is 1.82. The van der Waals surface area contributed by atoms with Gasteiger partial charge >= 0.3 is 0 Å². The predicted octanol–water partition coefficient (Wildman–Crippen LogP) is 4.20. The zero-order chi connectivity index (χ0) is 17.4. The topological polar surface area (TPSA) is 68.9 Å². The van der Waals surface area contributed by atoms with Crippen molar-refractivity contribution in [1.82, 2.24) is 0 Å². The van der Waals surface area contributed by atoms with Gasteiger partial charge in [-0.25, -0.2) is 4.99 Å². The van der Waals surface area contributed by atoms with Crippen molar-refractivity contribution >= 4 is 35.6 Å². The van der Waals surface area contributed by atoms with Crippen LogP contribution in [0.5, 0.6) is 11.5 Å². The first-order valence-electron chi connectivity index (χ1n) is 8.11. The summed E-state index contributed by atoms with van der Waals surface area (Å²) in [5.41, 5.74) is 9.19.